The first kappa shape index (κ1) is 52.5. The van der Waals surface area contributed by atoms with E-state index in [9.17, 15) is 18.8 Å². The second-order valence-corrected chi connectivity index (χ2v) is 23.8. The van der Waals surface area contributed by atoms with Gasteiger partial charge in [-0.1, -0.05) is 19.9 Å². The summed E-state index contributed by atoms with van der Waals surface area (Å²) in [4.78, 5) is 59.1. The van der Waals surface area contributed by atoms with Crippen LogP contribution in [-0.2, 0) is 55.8 Å². The Bertz CT molecular complexity index is 2730. The summed E-state index contributed by atoms with van der Waals surface area (Å²) in [6.07, 6.45) is 5.89. The molecule has 7 fully saturated rings. The van der Waals surface area contributed by atoms with E-state index in [1.165, 1.54) is 36.1 Å². The molecule has 2 N–H and O–H groups in total. The van der Waals surface area contributed by atoms with Crippen molar-refractivity contribution in [2.24, 2.45) is 11.3 Å². The van der Waals surface area contributed by atoms with E-state index in [-0.39, 0.29) is 44.0 Å². The number of pyridine rings is 1. The summed E-state index contributed by atoms with van der Waals surface area (Å²) in [5, 5.41) is 7.73. The van der Waals surface area contributed by atoms with E-state index in [1.54, 1.807) is 7.11 Å². The van der Waals surface area contributed by atoms with Gasteiger partial charge in [0.2, 0.25) is 0 Å². The third-order valence-electron chi connectivity index (χ3n) is 16.7. The summed E-state index contributed by atoms with van der Waals surface area (Å²) < 4.78 is 54.5. The Kier molecular flexibility index (Phi) is 15.2. The minimum Gasteiger partial charge on any atom is -0.464 e. The molecule has 5 saturated heterocycles. The van der Waals surface area contributed by atoms with Gasteiger partial charge in [0, 0.05) is 98.5 Å². The predicted octanol–water partition coefficient (Wildman–Crippen LogP) is 7.10. The van der Waals surface area contributed by atoms with Crippen LogP contribution in [0.25, 0.3) is 33.4 Å². The molecule has 3 aromatic heterocycles. The Labute approximate surface area is 443 Å². The third-order valence-corrected chi connectivity index (χ3v) is 17.6. The summed E-state index contributed by atoms with van der Waals surface area (Å²) in [7, 11) is 1.72. The zero-order valence-electron chi connectivity index (χ0n) is 44.4. The van der Waals surface area contributed by atoms with Gasteiger partial charge >= 0.3 is 5.97 Å². The minimum atomic E-state index is -1.38. The van der Waals surface area contributed by atoms with Crippen LogP contribution in [0.4, 0.5) is 10.1 Å². The number of halogens is 1. The third kappa shape index (κ3) is 10.9. The number of benzene rings is 1. The van der Waals surface area contributed by atoms with Crippen molar-refractivity contribution in [3.05, 3.63) is 52.1 Å². The first-order chi connectivity index (χ1) is 36.2. The molecule has 406 valence electrons. The molecule has 4 aromatic rings. The quantitative estimate of drug-likeness (QED) is 0.123. The number of alkyl halides is 1. The van der Waals surface area contributed by atoms with Gasteiger partial charge in [0.15, 0.2) is 0 Å². The van der Waals surface area contributed by atoms with E-state index in [2.05, 4.69) is 63.2 Å². The number of methoxy groups -OCH3 is 1. The summed E-state index contributed by atoms with van der Waals surface area (Å²) in [6.45, 7) is 15.8. The summed E-state index contributed by atoms with van der Waals surface area (Å²) in [6, 6.07) is 7.21. The minimum absolute atomic E-state index is 0.0917. The second kappa shape index (κ2) is 21.7. The predicted molar refractivity (Wildman–Crippen MR) is 282 cm³/mol. The molecule has 0 radical (unpaired) electrons. The molecule has 1 aromatic carbocycles. The first-order valence-electron chi connectivity index (χ1n) is 27.5. The van der Waals surface area contributed by atoms with Crippen LogP contribution in [0.1, 0.15) is 114 Å². The highest BCUT2D eigenvalue weighted by Gasteiger charge is 2.61. The van der Waals surface area contributed by atoms with Gasteiger partial charge in [0.25, 0.3) is 11.8 Å². The van der Waals surface area contributed by atoms with Crippen LogP contribution in [-0.4, -0.2) is 157 Å². The Morgan fingerprint density at radius 3 is 2.53 bits per heavy atom. The van der Waals surface area contributed by atoms with E-state index in [4.69, 9.17) is 38.4 Å². The number of cyclic esters (lactones) is 1. The number of hydrazine groups is 1. The molecule has 8 bridgehead atoms. The highest BCUT2D eigenvalue weighted by atomic mass is 32.1. The molecule has 2 amide bonds. The number of hydrogen-bond donors (Lipinski definition) is 2. The number of thiazole rings is 1. The number of aromatic nitrogens is 3. The average Bonchev–Trinajstić information content (AvgIpc) is 3.78. The lowest BCUT2D eigenvalue weighted by Crippen LogP contribution is -2.63. The van der Waals surface area contributed by atoms with Crippen molar-refractivity contribution in [3.8, 4) is 22.5 Å². The summed E-state index contributed by atoms with van der Waals surface area (Å²) in [5.74, 6) is -1.18. The van der Waals surface area contributed by atoms with Crippen molar-refractivity contribution in [2.75, 3.05) is 77.8 Å². The number of amides is 2. The highest BCUT2D eigenvalue weighted by molar-refractivity contribution is 7.10. The maximum Gasteiger partial charge on any atom is 0.324 e. The van der Waals surface area contributed by atoms with Gasteiger partial charge in [-0.15, -0.1) is 11.3 Å². The van der Waals surface area contributed by atoms with Crippen molar-refractivity contribution in [1.29, 1.82) is 0 Å². The van der Waals surface area contributed by atoms with E-state index in [0.29, 0.717) is 75.2 Å². The Morgan fingerprint density at radius 1 is 1.03 bits per heavy atom. The molecule has 19 heteroatoms. The number of nitrogens with one attached hydrogen (secondary N) is 2. The number of carbonyl (C=O) groups is 3. The van der Waals surface area contributed by atoms with Gasteiger partial charge in [-0.2, -0.15) is 0 Å². The first-order valence-corrected chi connectivity index (χ1v) is 28.4. The van der Waals surface area contributed by atoms with Gasteiger partial charge in [-0.05, 0) is 108 Å². The molecule has 8 aliphatic rings. The fourth-order valence-electron chi connectivity index (χ4n) is 12.2. The van der Waals surface area contributed by atoms with Gasteiger partial charge in [-0.3, -0.25) is 29.3 Å². The standard InChI is InChI=1S/C56H75FN8O9S/c1-33(57)30-72-50-48(60-54(68)56-26-37(27-56)34(2)74-56)52(66)65-15-7-8-44(61-65)53(67)73-32-55(4,5)28-43-41-24-36(45-31-75-51(50)59-45)9-12-46(41)64(20-23-71-40-13-21-70-22-14-40)49(43)42-25-39(29-58-47(42)35(3)69-6)63-18-16-62(17-19-63)38-10-11-38/h9,12,24-25,29,31,33-35,37-38,40,44,48,50,61H,7-8,10-11,13-23,26-28,30,32H2,1-6H3,(H,60,68)/t33-,34?,35+,37?,44+,48+,50+,56?/m1/s1. The molecular weight excluding hydrogens is 980 g/mol. The van der Waals surface area contributed by atoms with Crippen LogP contribution in [0.3, 0.4) is 0 Å². The number of anilines is 1. The molecule has 75 heavy (non-hydrogen) atoms. The van der Waals surface area contributed by atoms with Gasteiger partial charge in [-0.25, -0.2) is 14.8 Å². The molecule has 12 rings (SSSR count). The van der Waals surface area contributed by atoms with E-state index in [0.717, 1.165) is 83.7 Å². The lowest BCUT2D eigenvalue weighted by atomic mass is 9.72. The van der Waals surface area contributed by atoms with Crippen LogP contribution in [0.5, 0.6) is 0 Å². The van der Waals surface area contributed by atoms with Gasteiger partial charge in [0.1, 0.15) is 35.0 Å². The fraction of sp³-hybridized carbons (Fsp3) is 0.661. The smallest absolute Gasteiger partial charge is 0.324 e. The van der Waals surface area contributed by atoms with Crippen molar-refractivity contribution >= 4 is 45.7 Å². The largest absolute Gasteiger partial charge is 0.464 e. The number of rotatable bonds is 14. The van der Waals surface area contributed by atoms with Crippen molar-refractivity contribution in [1.82, 2.24) is 35.2 Å². The van der Waals surface area contributed by atoms with Crippen LogP contribution in [0.2, 0.25) is 0 Å². The number of nitrogens with zero attached hydrogens (tertiary/aromatic N) is 6. The van der Waals surface area contributed by atoms with Crippen LogP contribution in [0, 0.1) is 11.3 Å². The zero-order valence-corrected chi connectivity index (χ0v) is 45.3. The molecule has 1 unspecified atom stereocenters. The van der Waals surface area contributed by atoms with E-state index < -0.39 is 53.2 Å². The monoisotopic (exact) mass is 1050 g/mol. The topological polar surface area (TPSA) is 171 Å². The number of ether oxygens (including phenoxy) is 6. The van der Waals surface area contributed by atoms with Gasteiger partial charge < -0.3 is 43.2 Å². The number of fused-ring (bicyclic) bond motifs is 7. The summed E-state index contributed by atoms with van der Waals surface area (Å²) >= 11 is 1.29. The van der Waals surface area contributed by atoms with E-state index in [1.807, 2.05) is 25.4 Å². The van der Waals surface area contributed by atoms with Crippen LogP contribution < -0.4 is 15.6 Å². The molecular formula is C56H75FN8O9S. The lowest BCUT2D eigenvalue weighted by Gasteiger charge is -2.39. The maximum atomic E-state index is 15.0. The molecule has 17 nitrogen and oxygen atoms in total. The average molecular weight is 1060 g/mol. The van der Waals surface area contributed by atoms with Crippen LogP contribution in [0.15, 0.2) is 35.8 Å². The van der Waals surface area contributed by atoms with Crippen molar-refractivity contribution < 1.29 is 47.2 Å². The van der Waals surface area contributed by atoms with Crippen LogP contribution >= 0.6 is 11.3 Å². The van der Waals surface area contributed by atoms with Crippen molar-refractivity contribution in [2.45, 2.75) is 153 Å². The molecule has 0 spiro atoms. The normalized spacial score (nSPS) is 28.4. The molecule has 6 atom stereocenters. The number of esters is 1. The number of carbonyl (C=O) groups excluding carboxylic acids is 3. The van der Waals surface area contributed by atoms with Gasteiger partial charge in [0.05, 0.1) is 67.1 Å². The fourth-order valence-corrected chi connectivity index (χ4v) is 13.1. The maximum absolute atomic E-state index is 15.0. The Balaban J connectivity index is 1.05. The number of hydrogen-bond acceptors (Lipinski definition) is 15. The summed E-state index contributed by atoms with van der Waals surface area (Å²) in [5.41, 5.74) is 8.88. The Morgan fingerprint density at radius 2 is 1.81 bits per heavy atom. The van der Waals surface area contributed by atoms with Crippen molar-refractivity contribution in [3.63, 3.8) is 0 Å². The molecule has 2 saturated carbocycles. The molecule has 9 heterocycles. The lowest BCUT2D eigenvalue weighted by molar-refractivity contribution is -0.159. The second-order valence-electron chi connectivity index (χ2n) is 23.0. The SMILES string of the molecule is CO[C@@H](C)c1ncc(N2CCN(C3CC3)CC2)cc1-c1c2c3cc(ccc3n1CCOC1CCOCC1)-c1csc(n1)[C@@H](OC[C@@H](C)F)[C@H](NC(=O)C13CC(C1)C(C)O3)C(=O)N1CCC[C@H](N1)C(=O)OCC(C)(C)C2. The zero-order chi connectivity index (χ0) is 52.2. The molecule has 6 aliphatic heterocycles. The van der Waals surface area contributed by atoms with E-state index >= 15 is 0 Å². The number of piperazine rings is 1. The Hall–Kier alpha value is -4.60. The highest BCUT2D eigenvalue weighted by Crippen LogP contribution is 2.52. The molecule has 2 aliphatic carbocycles.